The molecule has 2 rings (SSSR count). The van der Waals surface area contributed by atoms with Crippen LogP contribution in [0.15, 0.2) is 33.8 Å². The van der Waals surface area contributed by atoms with Crippen LogP contribution in [0.4, 0.5) is 0 Å². The van der Waals surface area contributed by atoms with Gasteiger partial charge in [0.15, 0.2) is 0 Å². The van der Waals surface area contributed by atoms with Crippen LogP contribution in [0, 0.1) is 0 Å². The van der Waals surface area contributed by atoms with Crippen molar-refractivity contribution in [2.75, 3.05) is 0 Å². The number of alkyl halides is 1. The fraction of sp³-hybridized carbons (Fsp3) is 0.125. The van der Waals surface area contributed by atoms with Crippen molar-refractivity contribution >= 4 is 40.1 Å². The summed E-state index contributed by atoms with van der Waals surface area (Å²) in [5.74, 6) is -0.384. The predicted molar refractivity (Wildman–Crippen MR) is 52.6 cm³/mol. The van der Waals surface area contributed by atoms with Gasteiger partial charge in [0.1, 0.15) is 0 Å². The molecule has 0 saturated carbocycles. The van der Waals surface area contributed by atoms with Gasteiger partial charge in [-0.05, 0) is 23.8 Å². The van der Waals surface area contributed by atoms with Crippen molar-refractivity contribution in [2.24, 2.45) is 9.98 Å². The van der Waals surface area contributed by atoms with Gasteiger partial charge < -0.3 is 0 Å². The molecular formula is C8H4Cl2N2O. The average molecular weight is 215 g/mol. The van der Waals surface area contributed by atoms with Crippen LogP contribution in [0.5, 0.6) is 0 Å². The molecule has 1 atom stereocenters. The molecule has 5 heteroatoms. The topological polar surface area (TPSA) is 41.8 Å². The summed E-state index contributed by atoms with van der Waals surface area (Å²) in [6.45, 7) is 0. The minimum absolute atomic E-state index is 0.0326. The molecule has 1 amide bonds. The third kappa shape index (κ3) is 1.57. The molecule has 0 fully saturated rings. The molecular weight excluding hydrogens is 211 g/mol. The number of carbonyl (C=O) groups excluding carboxylic acids is 1. The Hall–Kier alpha value is -0.930. The Bertz CT molecular complexity index is 393. The summed E-state index contributed by atoms with van der Waals surface area (Å²) in [6, 6.07) is 0. The summed E-state index contributed by atoms with van der Waals surface area (Å²) in [5.41, 5.74) is 0.953. The maximum Gasteiger partial charge on any atom is 0.281 e. The monoisotopic (exact) mass is 214 g/mol. The molecule has 3 nitrogen and oxygen atoms in total. The quantitative estimate of drug-likeness (QED) is 0.447. The zero-order valence-corrected chi connectivity index (χ0v) is 7.88. The lowest BCUT2D eigenvalue weighted by Gasteiger charge is -2.13. The van der Waals surface area contributed by atoms with Crippen molar-refractivity contribution in [3.63, 3.8) is 0 Å². The van der Waals surface area contributed by atoms with Gasteiger partial charge in [0.2, 0.25) is 5.29 Å². The van der Waals surface area contributed by atoms with Gasteiger partial charge in [-0.25, -0.2) is 4.99 Å². The van der Waals surface area contributed by atoms with E-state index in [0.717, 1.165) is 0 Å². The molecule has 66 valence electrons. The molecule has 0 radical (unpaired) electrons. The number of rotatable bonds is 0. The lowest BCUT2D eigenvalue weighted by atomic mass is 10.0. The highest BCUT2D eigenvalue weighted by molar-refractivity contribution is 6.68. The van der Waals surface area contributed by atoms with Gasteiger partial charge in [-0.15, -0.1) is 11.6 Å². The molecule has 1 heterocycles. The van der Waals surface area contributed by atoms with Crippen LogP contribution in [0.2, 0.25) is 0 Å². The maximum atomic E-state index is 11.3. The summed E-state index contributed by atoms with van der Waals surface area (Å²) in [6.07, 6.45) is 5.00. The molecule has 13 heavy (non-hydrogen) atoms. The van der Waals surface area contributed by atoms with E-state index in [0.29, 0.717) is 11.3 Å². The van der Waals surface area contributed by atoms with E-state index in [1.807, 2.05) is 0 Å². The standard InChI is InChI=1S/C8H4Cl2N2O/c9-4-1-2-6-5(3-4)7(13)12-8(10)11-6/h1-4H. The number of carbonyl (C=O) groups is 1. The van der Waals surface area contributed by atoms with Gasteiger partial charge in [-0.1, -0.05) is 6.08 Å². The lowest BCUT2D eigenvalue weighted by molar-refractivity contribution is -0.113. The van der Waals surface area contributed by atoms with Gasteiger partial charge in [-0.3, -0.25) is 4.79 Å². The summed E-state index contributed by atoms with van der Waals surface area (Å²) in [7, 11) is 0. The number of halogens is 2. The molecule has 0 saturated heterocycles. The first-order valence-electron chi connectivity index (χ1n) is 3.58. The molecule has 1 aliphatic heterocycles. The van der Waals surface area contributed by atoms with Crippen molar-refractivity contribution in [1.82, 2.24) is 0 Å². The molecule has 0 spiro atoms. The first kappa shape index (κ1) is 8.66. The number of aliphatic imine (C=N–C) groups is 2. The van der Waals surface area contributed by atoms with E-state index in [4.69, 9.17) is 23.2 Å². The second-order valence-corrected chi connectivity index (χ2v) is 3.41. The highest BCUT2D eigenvalue weighted by Gasteiger charge is 2.22. The maximum absolute atomic E-state index is 11.3. The lowest BCUT2D eigenvalue weighted by Crippen LogP contribution is -2.20. The zero-order chi connectivity index (χ0) is 9.42. The van der Waals surface area contributed by atoms with Crippen LogP contribution >= 0.6 is 23.2 Å². The second-order valence-electron chi connectivity index (χ2n) is 2.57. The summed E-state index contributed by atoms with van der Waals surface area (Å²) >= 11 is 11.3. The Morgan fingerprint density at radius 3 is 2.92 bits per heavy atom. The Labute approximate surface area is 84.5 Å². The van der Waals surface area contributed by atoms with Crippen LogP contribution in [0.3, 0.4) is 0 Å². The highest BCUT2D eigenvalue weighted by Crippen LogP contribution is 2.18. The first-order valence-corrected chi connectivity index (χ1v) is 4.40. The van der Waals surface area contributed by atoms with Gasteiger partial charge >= 0.3 is 0 Å². The van der Waals surface area contributed by atoms with Crippen molar-refractivity contribution in [3.8, 4) is 0 Å². The van der Waals surface area contributed by atoms with E-state index in [-0.39, 0.29) is 16.6 Å². The van der Waals surface area contributed by atoms with Gasteiger partial charge in [0.25, 0.3) is 5.91 Å². The van der Waals surface area contributed by atoms with E-state index >= 15 is 0 Å². The van der Waals surface area contributed by atoms with Crippen LogP contribution in [-0.4, -0.2) is 22.3 Å². The van der Waals surface area contributed by atoms with Crippen molar-refractivity contribution < 1.29 is 4.79 Å². The molecule has 1 aliphatic carbocycles. The van der Waals surface area contributed by atoms with E-state index in [2.05, 4.69) is 9.98 Å². The Balaban J connectivity index is 2.48. The zero-order valence-electron chi connectivity index (χ0n) is 6.37. The van der Waals surface area contributed by atoms with Crippen molar-refractivity contribution in [3.05, 3.63) is 23.8 Å². The third-order valence-corrected chi connectivity index (χ3v) is 2.12. The largest absolute Gasteiger partial charge is 0.281 e. The first-order chi connectivity index (χ1) is 6.16. The fourth-order valence-corrected chi connectivity index (χ4v) is 1.49. The highest BCUT2D eigenvalue weighted by atomic mass is 35.5. The molecule has 0 aromatic carbocycles. The summed E-state index contributed by atoms with van der Waals surface area (Å²) in [4.78, 5) is 18.7. The number of fused-ring (bicyclic) bond motifs is 1. The average Bonchev–Trinajstić information content (AvgIpc) is 2.06. The molecule has 1 unspecified atom stereocenters. The van der Waals surface area contributed by atoms with Crippen molar-refractivity contribution in [2.45, 2.75) is 5.38 Å². The molecule has 0 aromatic rings. The van der Waals surface area contributed by atoms with Gasteiger partial charge in [0.05, 0.1) is 16.7 Å². The van der Waals surface area contributed by atoms with E-state index in [1.54, 1.807) is 18.2 Å². The number of nitrogens with zero attached hydrogens (tertiary/aromatic N) is 2. The van der Waals surface area contributed by atoms with Crippen LogP contribution in [-0.2, 0) is 4.79 Å². The van der Waals surface area contributed by atoms with Crippen LogP contribution in [0.25, 0.3) is 0 Å². The van der Waals surface area contributed by atoms with Gasteiger partial charge in [-0.2, -0.15) is 4.99 Å². The Kier molecular flexibility index (Phi) is 2.06. The van der Waals surface area contributed by atoms with E-state index in [1.165, 1.54) is 0 Å². The summed E-state index contributed by atoms with van der Waals surface area (Å²) < 4.78 is 0. The number of hydrogen-bond donors (Lipinski definition) is 0. The molecule has 0 N–H and O–H groups in total. The SMILES string of the molecule is O=C1N=C(Cl)N=C2C=CC(Cl)C=C12. The van der Waals surface area contributed by atoms with Crippen LogP contribution in [0.1, 0.15) is 0 Å². The number of hydrogen-bond acceptors (Lipinski definition) is 2. The van der Waals surface area contributed by atoms with E-state index in [9.17, 15) is 4.79 Å². The Morgan fingerprint density at radius 1 is 1.38 bits per heavy atom. The van der Waals surface area contributed by atoms with Crippen LogP contribution < -0.4 is 0 Å². The number of amidine groups is 1. The predicted octanol–water partition coefficient (Wildman–Crippen LogP) is 1.67. The third-order valence-electron chi connectivity index (χ3n) is 1.68. The Morgan fingerprint density at radius 2 is 2.15 bits per heavy atom. The number of allylic oxidation sites excluding steroid dienone is 3. The van der Waals surface area contributed by atoms with E-state index < -0.39 is 0 Å². The minimum Gasteiger partial charge on any atom is -0.267 e. The van der Waals surface area contributed by atoms with Crippen molar-refractivity contribution in [1.29, 1.82) is 0 Å². The number of amides is 1. The fourth-order valence-electron chi connectivity index (χ4n) is 1.12. The normalized spacial score (nSPS) is 26.2. The van der Waals surface area contributed by atoms with Gasteiger partial charge in [0, 0.05) is 0 Å². The molecule has 2 aliphatic rings. The molecule has 0 bridgehead atoms. The summed E-state index contributed by atoms with van der Waals surface area (Å²) in [5, 5.41) is -0.306. The second kappa shape index (κ2) is 3.09. The molecule has 0 aromatic heterocycles. The smallest absolute Gasteiger partial charge is 0.267 e. The minimum atomic E-state index is -0.384.